The summed E-state index contributed by atoms with van der Waals surface area (Å²) < 4.78 is 3.82. The molecule has 10 nitrogen and oxygen atoms in total. The average molecular weight is 509 g/mol. The Morgan fingerprint density at radius 1 is 0.842 bits per heavy atom. The Balaban J connectivity index is 1.16. The number of rotatable bonds is 6. The molecule has 0 unspecified atom stereocenters. The molecule has 1 aliphatic rings. The van der Waals surface area contributed by atoms with Crippen LogP contribution in [0, 0.1) is 6.92 Å². The molecule has 0 radical (unpaired) electrons. The van der Waals surface area contributed by atoms with Gasteiger partial charge in [-0.25, -0.2) is 19.5 Å². The lowest BCUT2D eigenvalue weighted by Crippen LogP contribution is -2.47. The highest BCUT2D eigenvalue weighted by molar-refractivity contribution is 5.77. The van der Waals surface area contributed by atoms with Crippen molar-refractivity contribution in [1.29, 1.82) is 0 Å². The zero-order valence-corrected chi connectivity index (χ0v) is 22.0. The van der Waals surface area contributed by atoms with Crippen LogP contribution in [0.1, 0.15) is 30.5 Å². The molecular weight excluding hydrogens is 476 g/mol. The summed E-state index contributed by atoms with van der Waals surface area (Å²) in [5.74, 6) is 1.65. The Kier molecular flexibility index (Phi) is 6.03. The number of hydrogen-bond acceptors (Lipinski definition) is 8. The zero-order chi connectivity index (χ0) is 26.3. The molecule has 5 aromatic rings. The Labute approximate surface area is 221 Å². The van der Waals surface area contributed by atoms with Crippen LogP contribution in [0.2, 0.25) is 0 Å². The van der Waals surface area contributed by atoms with Gasteiger partial charge in [0.25, 0.3) is 0 Å². The van der Waals surface area contributed by atoms with Crippen molar-refractivity contribution in [3.63, 3.8) is 0 Å². The number of benzene rings is 1. The second-order valence-electron chi connectivity index (χ2n) is 10.0. The predicted octanol–water partition coefficient (Wildman–Crippen LogP) is 3.26. The second-order valence-corrected chi connectivity index (χ2v) is 10.0. The third-order valence-electron chi connectivity index (χ3n) is 7.43. The quantitative estimate of drug-likeness (QED) is 0.373. The van der Waals surface area contributed by atoms with Gasteiger partial charge in [0.2, 0.25) is 5.95 Å². The predicted molar refractivity (Wildman–Crippen MR) is 148 cm³/mol. The minimum Gasteiger partial charge on any atom is -0.351 e. The number of aromatic nitrogens is 7. The zero-order valence-electron chi connectivity index (χ0n) is 22.0. The molecule has 4 aromatic heterocycles. The van der Waals surface area contributed by atoms with E-state index in [0.29, 0.717) is 0 Å². The molecule has 1 aromatic carbocycles. The topological polar surface area (TPSA) is 106 Å². The monoisotopic (exact) mass is 508 g/mol. The van der Waals surface area contributed by atoms with Crippen LogP contribution in [-0.4, -0.2) is 60.5 Å². The Hall–Kier alpha value is -4.31. The first-order valence-corrected chi connectivity index (χ1v) is 13.0. The summed E-state index contributed by atoms with van der Waals surface area (Å²) in [6.45, 7) is 10.2. The lowest BCUT2D eigenvalue weighted by Gasteiger charge is -2.35. The van der Waals surface area contributed by atoms with Crippen LogP contribution in [0.4, 0.5) is 11.8 Å². The molecule has 38 heavy (non-hydrogen) atoms. The van der Waals surface area contributed by atoms with Gasteiger partial charge in [0, 0.05) is 74.2 Å². The van der Waals surface area contributed by atoms with Gasteiger partial charge in [-0.05, 0) is 32.4 Å². The molecule has 0 aliphatic carbocycles. The first kappa shape index (κ1) is 24.1. The molecule has 2 N–H and O–H groups in total. The minimum atomic E-state index is -0.658. The molecule has 5 heterocycles. The molecule has 0 saturated carbocycles. The summed E-state index contributed by atoms with van der Waals surface area (Å²) in [6, 6.07) is 10.4. The van der Waals surface area contributed by atoms with Crippen molar-refractivity contribution in [1.82, 2.24) is 34.3 Å². The molecular formula is C28H32N10. The number of piperazine rings is 1. The van der Waals surface area contributed by atoms with E-state index in [-0.39, 0.29) is 0 Å². The van der Waals surface area contributed by atoms with Crippen LogP contribution in [0.3, 0.4) is 0 Å². The van der Waals surface area contributed by atoms with E-state index in [0.717, 1.165) is 72.3 Å². The average Bonchev–Trinajstić information content (AvgIpc) is 3.61. The van der Waals surface area contributed by atoms with Gasteiger partial charge in [0.1, 0.15) is 11.8 Å². The number of hydrogen-bond donors (Lipinski definition) is 1. The third kappa shape index (κ3) is 4.37. The molecule has 10 heteroatoms. The highest BCUT2D eigenvalue weighted by Gasteiger charge is 2.26. The summed E-state index contributed by atoms with van der Waals surface area (Å²) in [5.41, 5.74) is 12.3. The van der Waals surface area contributed by atoms with E-state index in [4.69, 9.17) is 5.73 Å². The molecule has 0 amide bonds. The fraction of sp³-hybridized carbons (Fsp3) is 0.321. The summed E-state index contributed by atoms with van der Waals surface area (Å²) in [4.78, 5) is 18.5. The Bertz CT molecular complexity index is 1540. The maximum absolute atomic E-state index is 6.69. The number of nitrogens with two attached hydrogens (primary N) is 1. The van der Waals surface area contributed by atoms with Crippen molar-refractivity contribution < 1.29 is 0 Å². The first-order valence-electron chi connectivity index (χ1n) is 13.0. The minimum absolute atomic E-state index is 0.658. The van der Waals surface area contributed by atoms with Gasteiger partial charge in [-0.15, -0.1) is 0 Å². The molecule has 0 spiro atoms. The van der Waals surface area contributed by atoms with Crippen molar-refractivity contribution >= 4 is 17.3 Å². The molecule has 1 atom stereocenters. The second kappa shape index (κ2) is 9.53. The number of fused-ring (bicyclic) bond motifs is 1. The van der Waals surface area contributed by atoms with Crippen molar-refractivity contribution in [3.8, 4) is 11.1 Å². The van der Waals surface area contributed by atoms with Crippen LogP contribution in [0.25, 0.3) is 16.6 Å². The largest absolute Gasteiger partial charge is 0.351 e. The van der Waals surface area contributed by atoms with Gasteiger partial charge >= 0.3 is 0 Å². The molecule has 1 aliphatic heterocycles. The van der Waals surface area contributed by atoms with E-state index in [1.54, 1.807) is 6.33 Å². The highest BCUT2D eigenvalue weighted by atomic mass is 15.4. The van der Waals surface area contributed by atoms with E-state index in [2.05, 4.69) is 85.3 Å². The van der Waals surface area contributed by atoms with Crippen molar-refractivity contribution in [2.45, 2.75) is 32.9 Å². The van der Waals surface area contributed by atoms with Gasteiger partial charge in [-0.2, -0.15) is 10.2 Å². The summed E-state index contributed by atoms with van der Waals surface area (Å²) in [7, 11) is 0. The van der Waals surface area contributed by atoms with Crippen molar-refractivity contribution in [2.75, 3.05) is 36.0 Å². The smallest absolute Gasteiger partial charge is 0.225 e. The third-order valence-corrected chi connectivity index (χ3v) is 7.43. The van der Waals surface area contributed by atoms with E-state index in [1.165, 1.54) is 5.56 Å². The van der Waals surface area contributed by atoms with Crippen LogP contribution in [0.15, 0.2) is 67.6 Å². The SMILES string of the molecule is CCn1cc(-c2cc3c(N4CCN(c5ncc([C@@](C)(N)c6ccc(C)cc6)cn5)CC4)ncnn3c2)cn1. The van der Waals surface area contributed by atoms with Crippen LogP contribution >= 0.6 is 0 Å². The molecule has 1 fully saturated rings. The van der Waals surface area contributed by atoms with Gasteiger partial charge < -0.3 is 15.5 Å². The van der Waals surface area contributed by atoms with E-state index in [1.807, 2.05) is 40.9 Å². The van der Waals surface area contributed by atoms with Crippen LogP contribution in [-0.2, 0) is 12.1 Å². The summed E-state index contributed by atoms with van der Waals surface area (Å²) >= 11 is 0. The number of aryl methyl sites for hydroxylation is 2. The van der Waals surface area contributed by atoms with Gasteiger partial charge in [0.15, 0.2) is 5.82 Å². The molecule has 1 saturated heterocycles. The van der Waals surface area contributed by atoms with E-state index >= 15 is 0 Å². The maximum atomic E-state index is 6.69. The standard InChI is InChI=1S/C28H32N10/c1-4-37-17-22(14-33-37)21-13-25-26(32-19-34-38(25)18-21)35-9-11-36(12-10-35)27-30-15-24(16-31-27)28(3,29)23-7-5-20(2)6-8-23/h5-8,13-19H,4,9-12,29H2,1-3H3/t28-/m0/s1. The van der Waals surface area contributed by atoms with Gasteiger partial charge in [0.05, 0.1) is 11.7 Å². The summed E-state index contributed by atoms with van der Waals surface area (Å²) in [5, 5.41) is 8.84. The lowest BCUT2D eigenvalue weighted by atomic mass is 9.87. The maximum Gasteiger partial charge on any atom is 0.225 e. The normalized spacial score (nSPS) is 15.7. The van der Waals surface area contributed by atoms with Crippen LogP contribution < -0.4 is 15.5 Å². The lowest BCUT2D eigenvalue weighted by molar-refractivity contribution is 0.592. The number of anilines is 2. The molecule has 194 valence electrons. The fourth-order valence-corrected chi connectivity index (χ4v) is 4.94. The molecule has 6 rings (SSSR count). The Morgan fingerprint density at radius 2 is 1.55 bits per heavy atom. The molecule has 0 bridgehead atoms. The first-order chi connectivity index (χ1) is 18.4. The Morgan fingerprint density at radius 3 is 2.24 bits per heavy atom. The fourth-order valence-electron chi connectivity index (χ4n) is 4.94. The summed E-state index contributed by atoms with van der Waals surface area (Å²) in [6.07, 6.45) is 11.3. The van der Waals surface area contributed by atoms with E-state index < -0.39 is 5.54 Å². The van der Waals surface area contributed by atoms with E-state index in [9.17, 15) is 0 Å². The van der Waals surface area contributed by atoms with Crippen molar-refractivity contribution in [2.24, 2.45) is 5.73 Å². The number of nitrogens with zero attached hydrogens (tertiary/aromatic N) is 9. The van der Waals surface area contributed by atoms with Crippen LogP contribution in [0.5, 0.6) is 0 Å². The van der Waals surface area contributed by atoms with Crippen molar-refractivity contribution in [3.05, 3.63) is 84.3 Å². The van der Waals surface area contributed by atoms with Gasteiger partial charge in [-0.3, -0.25) is 4.68 Å². The van der Waals surface area contributed by atoms with Gasteiger partial charge in [-0.1, -0.05) is 29.8 Å². The highest BCUT2D eigenvalue weighted by Crippen LogP contribution is 2.29.